The fourth-order valence-corrected chi connectivity index (χ4v) is 2.34. The number of hydrogen-bond donors (Lipinski definition) is 3. The monoisotopic (exact) mass is 307 g/mol. The minimum absolute atomic E-state index is 0.0442. The van der Waals surface area contributed by atoms with Gasteiger partial charge in [-0.15, -0.1) is 0 Å². The molecular formula is C15H21N3O4. The zero-order valence-corrected chi connectivity index (χ0v) is 12.8. The van der Waals surface area contributed by atoms with E-state index in [9.17, 15) is 20.0 Å². The quantitative estimate of drug-likeness (QED) is 0.551. The number of amides is 1. The van der Waals surface area contributed by atoms with Crippen molar-refractivity contribution in [1.82, 2.24) is 5.32 Å². The van der Waals surface area contributed by atoms with E-state index in [0.29, 0.717) is 18.5 Å². The van der Waals surface area contributed by atoms with E-state index < -0.39 is 10.5 Å². The Labute approximate surface area is 128 Å². The van der Waals surface area contributed by atoms with Crippen molar-refractivity contribution >= 4 is 17.3 Å². The van der Waals surface area contributed by atoms with Crippen LogP contribution in [-0.2, 0) is 0 Å². The van der Waals surface area contributed by atoms with E-state index in [1.165, 1.54) is 18.2 Å². The molecule has 0 bridgehead atoms. The number of nitro groups is 1. The highest BCUT2D eigenvalue weighted by Gasteiger charge is 2.34. The van der Waals surface area contributed by atoms with E-state index in [2.05, 4.69) is 10.6 Å². The van der Waals surface area contributed by atoms with Crippen molar-refractivity contribution in [3.05, 3.63) is 33.9 Å². The Bertz CT molecular complexity index is 582. The zero-order chi connectivity index (χ0) is 16.3. The molecule has 1 aromatic carbocycles. The molecule has 3 N–H and O–H groups in total. The average molecular weight is 307 g/mol. The van der Waals surface area contributed by atoms with Crippen molar-refractivity contribution < 1.29 is 14.8 Å². The Balaban J connectivity index is 2.16. The van der Waals surface area contributed by atoms with Gasteiger partial charge in [0.05, 0.1) is 10.5 Å². The van der Waals surface area contributed by atoms with E-state index in [1.54, 1.807) is 0 Å². The van der Waals surface area contributed by atoms with Gasteiger partial charge in [-0.1, -0.05) is 0 Å². The lowest BCUT2D eigenvalue weighted by Crippen LogP contribution is -2.43. The highest BCUT2D eigenvalue weighted by Crippen LogP contribution is 2.33. The zero-order valence-electron chi connectivity index (χ0n) is 12.8. The molecule has 1 saturated carbocycles. The topological polar surface area (TPSA) is 104 Å². The highest BCUT2D eigenvalue weighted by atomic mass is 16.6. The second-order valence-electron chi connectivity index (χ2n) is 6.05. The summed E-state index contributed by atoms with van der Waals surface area (Å²) in [6, 6.07) is 4.26. The molecule has 1 amide bonds. The van der Waals surface area contributed by atoms with E-state index in [-0.39, 0.29) is 29.7 Å². The summed E-state index contributed by atoms with van der Waals surface area (Å²) in [7, 11) is 0. The molecule has 1 aliphatic carbocycles. The van der Waals surface area contributed by atoms with Crippen LogP contribution in [0.25, 0.3) is 0 Å². The molecule has 7 heteroatoms. The van der Waals surface area contributed by atoms with Crippen molar-refractivity contribution in [2.24, 2.45) is 0 Å². The summed E-state index contributed by atoms with van der Waals surface area (Å²) in [6.45, 7) is 3.91. The third kappa shape index (κ3) is 3.73. The molecule has 120 valence electrons. The van der Waals surface area contributed by atoms with Crippen LogP contribution in [0, 0.1) is 10.1 Å². The first kappa shape index (κ1) is 16.2. The Morgan fingerprint density at radius 1 is 1.45 bits per heavy atom. The Kier molecular flexibility index (Phi) is 4.65. The van der Waals surface area contributed by atoms with Gasteiger partial charge < -0.3 is 15.7 Å². The molecule has 0 atom stereocenters. The van der Waals surface area contributed by atoms with Crippen molar-refractivity contribution in [1.29, 1.82) is 0 Å². The molecule has 22 heavy (non-hydrogen) atoms. The molecule has 1 aromatic rings. The van der Waals surface area contributed by atoms with Gasteiger partial charge in [0.1, 0.15) is 5.69 Å². The molecule has 7 nitrogen and oxygen atoms in total. The Morgan fingerprint density at radius 2 is 2.14 bits per heavy atom. The van der Waals surface area contributed by atoms with Gasteiger partial charge in [-0.3, -0.25) is 14.9 Å². The molecule has 0 radical (unpaired) electrons. The van der Waals surface area contributed by atoms with E-state index in [0.717, 1.165) is 6.42 Å². The number of nitro benzene ring substituents is 1. The summed E-state index contributed by atoms with van der Waals surface area (Å²) < 4.78 is 0. The fraction of sp³-hybridized carbons (Fsp3) is 0.533. The van der Waals surface area contributed by atoms with Crippen LogP contribution >= 0.6 is 0 Å². The lowest BCUT2D eigenvalue weighted by atomic mass is 9.80. The summed E-state index contributed by atoms with van der Waals surface area (Å²) in [5.74, 6) is -0.345. The molecule has 1 aliphatic rings. The van der Waals surface area contributed by atoms with Crippen molar-refractivity contribution in [2.45, 2.75) is 44.8 Å². The number of aliphatic hydroxyl groups is 1. The summed E-state index contributed by atoms with van der Waals surface area (Å²) in [4.78, 5) is 22.6. The number of nitrogens with one attached hydrogen (secondary N) is 2. The summed E-state index contributed by atoms with van der Waals surface area (Å²) in [5.41, 5.74) is -0.388. The van der Waals surface area contributed by atoms with Crippen molar-refractivity contribution in [2.75, 3.05) is 11.9 Å². The van der Waals surface area contributed by atoms with Crippen LogP contribution in [0.15, 0.2) is 18.2 Å². The summed E-state index contributed by atoms with van der Waals surface area (Å²) in [5, 5.41) is 26.9. The number of carbonyl (C=O) groups excluding carboxylic acids is 1. The number of nitrogens with zero attached hydrogens (tertiary/aromatic N) is 1. The van der Waals surface area contributed by atoms with Crippen LogP contribution in [0.1, 0.15) is 43.5 Å². The molecule has 2 rings (SSSR count). The SMILES string of the molecule is CC(C)NC(=O)c1ccc(NCC2(O)CCC2)c([N+](=O)[O-])c1. The first-order chi connectivity index (χ1) is 10.3. The average Bonchev–Trinajstić information content (AvgIpc) is 2.42. The van der Waals surface area contributed by atoms with Gasteiger partial charge in [0.25, 0.3) is 11.6 Å². The van der Waals surface area contributed by atoms with E-state index >= 15 is 0 Å². The summed E-state index contributed by atoms with van der Waals surface area (Å²) >= 11 is 0. The second kappa shape index (κ2) is 6.31. The predicted octanol–water partition coefficient (Wildman–Crippen LogP) is 2.06. The molecule has 0 aliphatic heterocycles. The van der Waals surface area contributed by atoms with Crippen LogP contribution in [0.2, 0.25) is 0 Å². The van der Waals surface area contributed by atoms with Crippen molar-refractivity contribution in [3.8, 4) is 0 Å². The predicted molar refractivity (Wildman–Crippen MR) is 83.0 cm³/mol. The molecule has 1 fully saturated rings. The highest BCUT2D eigenvalue weighted by molar-refractivity contribution is 5.95. The maximum Gasteiger partial charge on any atom is 0.293 e. The minimum atomic E-state index is -0.776. The maximum atomic E-state index is 11.9. The van der Waals surface area contributed by atoms with Gasteiger partial charge in [-0.05, 0) is 45.2 Å². The lowest BCUT2D eigenvalue weighted by Gasteiger charge is -2.36. The van der Waals surface area contributed by atoms with Gasteiger partial charge in [-0.25, -0.2) is 0 Å². The smallest absolute Gasteiger partial charge is 0.293 e. The van der Waals surface area contributed by atoms with Crippen LogP contribution in [0.3, 0.4) is 0 Å². The van der Waals surface area contributed by atoms with Gasteiger partial charge in [0, 0.05) is 24.2 Å². The van der Waals surface area contributed by atoms with Gasteiger partial charge in [0.2, 0.25) is 0 Å². The fourth-order valence-electron chi connectivity index (χ4n) is 2.34. The minimum Gasteiger partial charge on any atom is -0.388 e. The number of anilines is 1. The normalized spacial score (nSPS) is 16.0. The molecule has 0 aromatic heterocycles. The van der Waals surface area contributed by atoms with Crippen molar-refractivity contribution in [3.63, 3.8) is 0 Å². The lowest BCUT2D eigenvalue weighted by molar-refractivity contribution is -0.384. The van der Waals surface area contributed by atoms with Crippen LogP contribution in [0.4, 0.5) is 11.4 Å². The van der Waals surface area contributed by atoms with E-state index in [4.69, 9.17) is 0 Å². The van der Waals surface area contributed by atoms with Gasteiger partial charge in [-0.2, -0.15) is 0 Å². The van der Waals surface area contributed by atoms with Crippen LogP contribution in [0.5, 0.6) is 0 Å². The number of hydrogen-bond acceptors (Lipinski definition) is 5. The molecule has 0 saturated heterocycles. The van der Waals surface area contributed by atoms with Gasteiger partial charge >= 0.3 is 0 Å². The second-order valence-corrected chi connectivity index (χ2v) is 6.05. The van der Waals surface area contributed by atoms with Crippen LogP contribution < -0.4 is 10.6 Å². The number of rotatable bonds is 6. The first-order valence-corrected chi connectivity index (χ1v) is 7.36. The number of benzene rings is 1. The summed E-state index contributed by atoms with van der Waals surface area (Å²) in [6.07, 6.45) is 2.36. The molecule has 0 heterocycles. The third-order valence-corrected chi connectivity index (χ3v) is 3.77. The molecule has 0 unspecified atom stereocenters. The largest absolute Gasteiger partial charge is 0.388 e. The molecule has 0 spiro atoms. The molecular weight excluding hydrogens is 286 g/mol. The number of carbonyl (C=O) groups is 1. The Hall–Kier alpha value is -2.15. The third-order valence-electron chi connectivity index (χ3n) is 3.77. The Morgan fingerprint density at radius 3 is 2.64 bits per heavy atom. The maximum absolute atomic E-state index is 11.9. The first-order valence-electron chi connectivity index (χ1n) is 7.36. The van der Waals surface area contributed by atoms with Gasteiger partial charge in [0.15, 0.2) is 0 Å². The van der Waals surface area contributed by atoms with Crippen LogP contribution in [-0.4, -0.2) is 34.1 Å². The standard InChI is InChI=1S/C15H21N3O4/c1-10(2)17-14(19)11-4-5-12(13(8-11)18(21)22)16-9-15(20)6-3-7-15/h4-5,8,10,16,20H,3,6-7,9H2,1-2H3,(H,17,19). The van der Waals surface area contributed by atoms with E-state index in [1.807, 2.05) is 13.8 Å².